The number of carbonyl (C=O) groups excluding carboxylic acids is 2. The van der Waals surface area contributed by atoms with Gasteiger partial charge in [0, 0.05) is 0 Å². The fourth-order valence-corrected chi connectivity index (χ4v) is 1.67. The molecule has 0 spiro atoms. The first-order chi connectivity index (χ1) is 10.2. The smallest absolute Gasteiger partial charge is 0.375 e. The van der Waals surface area contributed by atoms with Crippen LogP contribution in [-0.4, -0.2) is 24.5 Å². The van der Waals surface area contributed by atoms with Gasteiger partial charge >= 0.3 is 5.97 Å². The third-order valence-corrected chi connectivity index (χ3v) is 2.81. The van der Waals surface area contributed by atoms with E-state index < -0.39 is 12.1 Å². The van der Waals surface area contributed by atoms with Crippen molar-refractivity contribution in [2.24, 2.45) is 0 Å². The molecular formula is C16H16O5. The van der Waals surface area contributed by atoms with E-state index in [2.05, 4.69) is 0 Å². The maximum Gasteiger partial charge on any atom is 0.375 e. The number of esters is 1. The summed E-state index contributed by atoms with van der Waals surface area (Å²) >= 11 is 0. The van der Waals surface area contributed by atoms with Gasteiger partial charge in [-0.15, -0.1) is 0 Å². The number of hydrogen-bond acceptors (Lipinski definition) is 5. The van der Waals surface area contributed by atoms with E-state index in [1.165, 1.54) is 19.3 Å². The minimum absolute atomic E-state index is 0.0106. The zero-order valence-corrected chi connectivity index (χ0v) is 11.7. The molecule has 0 saturated heterocycles. The first-order valence-electron chi connectivity index (χ1n) is 6.53. The highest BCUT2D eigenvalue weighted by Gasteiger charge is 2.22. The molecule has 110 valence electrons. The lowest BCUT2D eigenvalue weighted by atomic mass is 10.2. The summed E-state index contributed by atoms with van der Waals surface area (Å²) in [5.74, 6) is -0.893. The zero-order valence-electron chi connectivity index (χ0n) is 11.7. The van der Waals surface area contributed by atoms with Crippen LogP contribution in [0.3, 0.4) is 0 Å². The van der Waals surface area contributed by atoms with Gasteiger partial charge in [0.05, 0.1) is 19.5 Å². The summed E-state index contributed by atoms with van der Waals surface area (Å²) in [7, 11) is 0. The fraction of sp³-hybridized carbons (Fsp3) is 0.250. The monoisotopic (exact) mass is 288 g/mol. The third-order valence-electron chi connectivity index (χ3n) is 2.81. The second-order valence-electron chi connectivity index (χ2n) is 4.48. The van der Waals surface area contributed by atoms with Gasteiger partial charge < -0.3 is 13.9 Å². The van der Waals surface area contributed by atoms with Crippen LogP contribution in [0.25, 0.3) is 0 Å². The topological polar surface area (TPSA) is 65.7 Å². The van der Waals surface area contributed by atoms with Crippen LogP contribution in [0.1, 0.15) is 23.0 Å². The number of ether oxygens (including phenoxy) is 2. The Bertz CT molecular complexity index is 574. The Hall–Kier alpha value is -2.40. The number of carbonyl (C=O) groups is 2. The Morgan fingerprint density at radius 1 is 1.14 bits per heavy atom. The second kappa shape index (κ2) is 7.40. The maximum absolute atomic E-state index is 11.7. The summed E-state index contributed by atoms with van der Waals surface area (Å²) in [6, 6.07) is 12.6. The van der Waals surface area contributed by atoms with Crippen molar-refractivity contribution in [3.05, 3.63) is 60.1 Å². The first kappa shape index (κ1) is 15.0. The molecule has 1 atom stereocenters. The molecule has 5 heteroatoms. The standard InChI is InChI=1S/C16H16O5/c1-12(17)15(21-16(18)14-8-5-9-20-14)11-19-10-13-6-3-2-4-7-13/h2-9,15H,10-11H2,1H3. The Labute approximate surface area is 122 Å². The van der Waals surface area contributed by atoms with Crippen LogP contribution in [0.15, 0.2) is 53.1 Å². The van der Waals surface area contributed by atoms with E-state index in [1.54, 1.807) is 6.07 Å². The average molecular weight is 288 g/mol. The Morgan fingerprint density at radius 2 is 1.90 bits per heavy atom. The van der Waals surface area contributed by atoms with Gasteiger partial charge in [-0.3, -0.25) is 4.79 Å². The van der Waals surface area contributed by atoms with Gasteiger partial charge in [-0.2, -0.15) is 0 Å². The first-order valence-corrected chi connectivity index (χ1v) is 6.53. The molecule has 0 aliphatic rings. The zero-order chi connectivity index (χ0) is 15.1. The van der Waals surface area contributed by atoms with Crippen LogP contribution < -0.4 is 0 Å². The SMILES string of the molecule is CC(=O)C(COCc1ccccc1)OC(=O)c1ccco1. The Kier molecular flexibility index (Phi) is 5.29. The van der Waals surface area contributed by atoms with E-state index in [4.69, 9.17) is 13.9 Å². The number of furan rings is 1. The quantitative estimate of drug-likeness (QED) is 0.733. The summed E-state index contributed by atoms with van der Waals surface area (Å²) in [6.45, 7) is 1.71. The average Bonchev–Trinajstić information content (AvgIpc) is 3.01. The van der Waals surface area contributed by atoms with Gasteiger partial charge in [-0.05, 0) is 24.6 Å². The summed E-state index contributed by atoms with van der Waals surface area (Å²) in [5.41, 5.74) is 0.983. The van der Waals surface area contributed by atoms with Crippen molar-refractivity contribution >= 4 is 11.8 Å². The van der Waals surface area contributed by atoms with E-state index in [9.17, 15) is 9.59 Å². The molecule has 0 saturated carbocycles. The summed E-state index contributed by atoms with van der Waals surface area (Å²) in [4.78, 5) is 23.2. The highest BCUT2D eigenvalue weighted by molar-refractivity contribution is 5.90. The summed E-state index contributed by atoms with van der Waals surface area (Å²) in [5, 5.41) is 0. The van der Waals surface area contributed by atoms with Gasteiger partial charge in [0.2, 0.25) is 5.76 Å². The molecule has 2 aromatic rings. The molecule has 0 amide bonds. The molecule has 0 aliphatic carbocycles. The molecule has 0 aliphatic heterocycles. The molecule has 1 aromatic carbocycles. The molecular weight excluding hydrogens is 272 g/mol. The molecule has 0 bridgehead atoms. The van der Waals surface area contributed by atoms with E-state index in [-0.39, 0.29) is 18.2 Å². The summed E-state index contributed by atoms with van der Waals surface area (Å²) in [6.07, 6.45) is 0.428. The number of benzene rings is 1. The molecule has 0 N–H and O–H groups in total. The van der Waals surface area contributed by atoms with Gasteiger partial charge in [0.1, 0.15) is 0 Å². The van der Waals surface area contributed by atoms with Crippen LogP contribution in [-0.2, 0) is 20.9 Å². The van der Waals surface area contributed by atoms with Gasteiger partial charge in [-0.1, -0.05) is 30.3 Å². The molecule has 1 heterocycles. The van der Waals surface area contributed by atoms with E-state index in [0.29, 0.717) is 6.61 Å². The molecule has 1 aromatic heterocycles. The van der Waals surface area contributed by atoms with Crippen LogP contribution in [0, 0.1) is 0 Å². The van der Waals surface area contributed by atoms with Crippen molar-refractivity contribution in [3.8, 4) is 0 Å². The number of ketones is 1. The van der Waals surface area contributed by atoms with Gasteiger partial charge in [0.15, 0.2) is 11.9 Å². The van der Waals surface area contributed by atoms with Gasteiger partial charge in [-0.25, -0.2) is 4.79 Å². The normalized spacial score (nSPS) is 11.9. The molecule has 21 heavy (non-hydrogen) atoms. The van der Waals surface area contributed by atoms with E-state index in [0.717, 1.165) is 5.56 Å². The largest absolute Gasteiger partial charge is 0.457 e. The van der Waals surface area contributed by atoms with Crippen molar-refractivity contribution in [1.29, 1.82) is 0 Å². The van der Waals surface area contributed by atoms with Crippen molar-refractivity contribution < 1.29 is 23.5 Å². The molecule has 5 nitrogen and oxygen atoms in total. The van der Waals surface area contributed by atoms with Crippen molar-refractivity contribution in [2.45, 2.75) is 19.6 Å². The van der Waals surface area contributed by atoms with E-state index >= 15 is 0 Å². The highest BCUT2D eigenvalue weighted by atomic mass is 16.6. The van der Waals surface area contributed by atoms with Crippen LogP contribution in [0.2, 0.25) is 0 Å². The Balaban J connectivity index is 1.85. The molecule has 1 unspecified atom stereocenters. The van der Waals surface area contributed by atoms with Crippen LogP contribution >= 0.6 is 0 Å². The maximum atomic E-state index is 11.7. The van der Waals surface area contributed by atoms with Crippen LogP contribution in [0.5, 0.6) is 0 Å². The number of Topliss-reactive ketones (excluding diaryl/α,β-unsaturated/α-hetero) is 1. The Morgan fingerprint density at radius 3 is 2.52 bits per heavy atom. The lowest BCUT2D eigenvalue weighted by molar-refractivity contribution is -0.129. The number of rotatable bonds is 7. The van der Waals surface area contributed by atoms with Crippen molar-refractivity contribution in [1.82, 2.24) is 0 Å². The van der Waals surface area contributed by atoms with Gasteiger partial charge in [0.25, 0.3) is 0 Å². The second-order valence-corrected chi connectivity index (χ2v) is 4.48. The lowest BCUT2D eigenvalue weighted by Crippen LogP contribution is -2.30. The number of hydrogen-bond donors (Lipinski definition) is 0. The molecule has 0 radical (unpaired) electrons. The van der Waals surface area contributed by atoms with Crippen molar-refractivity contribution in [3.63, 3.8) is 0 Å². The predicted molar refractivity (Wildman–Crippen MR) is 74.7 cm³/mol. The minimum Gasteiger partial charge on any atom is -0.457 e. The molecule has 0 fully saturated rings. The lowest BCUT2D eigenvalue weighted by Gasteiger charge is -2.14. The van der Waals surface area contributed by atoms with E-state index in [1.807, 2.05) is 30.3 Å². The van der Waals surface area contributed by atoms with Crippen molar-refractivity contribution in [2.75, 3.05) is 6.61 Å². The fourth-order valence-electron chi connectivity index (χ4n) is 1.67. The molecule has 2 rings (SSSR count). The summed E-state index contributed by atoms with van der Waals surface area (Å²) < 4.78 is 15.4. The third kappa shape index (κ3) is 4.57. The van der Waals surface area contributed by atoms with Crippen LogP contribution in [0.4, 0.5) is 0 Å². The minimum atomic E-state index is -0.939. The predicted octanol–water partition coefficient (Wildman–Crippen LogP) is 2.61. The highest BCUT2D eigenvalue weighted by Crippen LogP contribution is 2.07.